The van der Waals surface area contributed by atoms with Gasteiger partial charge in [-0.1, -0.05) is 30.3 Å². The van der Waals surface area contributed by atoms with Gasteiger partial charge < -0.3 is 10.4 Å². The van der Waals surface area contributed by atoms with Crippen molar-refractivity contribution in [2.24, 2.45) is 0 Å². The van der Waals surface area contributed by atoms with E-state index >= 15 is 0 Å². The predicted octanol–water partition coefficient (Wildman–Crippen LogP) is 2.74. The van der Waals surface area contributed by atoms with Crippen LogP contribution in [0, 0.1) is 0 Å². The highest BCUT2D eigenvalue weighted by atomic mass is 35.5. The van der Waals surface area contributed by atoms with Crippen LogP contribution in [0.15, 0.2) is 40.3 Å². The smallest absolute Gasteiger partial charge is 0.257 e. The summed E-state index contributed by atoms with van der Waals surface area (Å²) in [7, 11) is 0. The van der Waals surface area contributed by atoms with Gasteiger partial charge in [0.25, 0.3) is 5.56 Å². The molecule has 0 aliphatic rings. The Kier molecular flexibility index (Phi) is 6.06. The van der Waals surface area contributed by atoms with Crippen LogP contribution in [0.3, 0.4) is 0 Å². The number of aromatic hydroxyl groups is 1. The van der Waals surface area contributed by atoms with Crippen molar-refractivity contribution in [3.05, 3.63) is 45.7 Å². The van der Waals surface area contributed by atoms with E-state index in [4.69, 9.17) is 11.6 Å². The van der Waals surface area contributed by atoms with Gasteiger partial charge in [0.05, 0.1) is 11.8 Å². The van der Waals surface area contributed by atoms with Gasteiger partial charge in [-0.05, 0) is 30.7 Å². The molecule has 0 unspecified atom stereocenters. The number of carbonyl (C=O) groups excluding carboxylic acids is 1. The minimum absolute atomic E-state index is 0.0717. The molecular formula is C15H16ClN3O3S. The monoisotopic (exact) mass is 353 g/mol. The van der Waals surface area contributed by atoms with E-state index in [1.54, 1.807) is 24.3 Å². The SMILES string of the molecule is CCCn1c(SCC(=O)Nc2ccc(Cl)cc2)nc(O)cc1=O. The number of thioether (sulfide) groups is 1. The van der Waals surface area contributed by atoms with Crippen LogP contribution in [-0.4, -0.2) is 26.3 Å². The highest BCUT2D eigenvalue weighted by molar-refractivity contribution is 7.99. The van der Waals surface area contributed by atoms with Crippen molar-refractivity contribution >= 4 is 35.0 Å². The number of carbonyl (C=O) groups is 1. The molecule has 0 bridgehead atoms. The van der Waals surface area contributed by atoms with E-state index in [9.17, 15) is 14.7 Å². The number of anilines is 1. The molecule has 2 rings (SSSR count). The molecule has 1 aromatic carbocycles. The molecule has 0 aliphatic carbocycles. The molecule has 0 fully saturated rings. The third-order valence-corrected chi connectivity index (χ3v) is 4.10. The van der Waals surface area contributed by atoms with Crippen molar-refractivity contribution in [3.63, 3.8) is 0 Å². The maximum atomic E-state index is 12.0. The molecule has 2 N–H and O–H groups in total. The van der Waals surface area contributed by atoms with Crippen molar-refractivity contribution < 1.29 is 9.90 Å². The second kappa shape index (κ2) is 8.03. The van der Waals surface area contributed by atoms with E-state index in [-0.39, 0.29) is 23.1 Å². The molecule has 1 amide bonds. The summed E-state index contributed by atoms with van der Waals surface area (Å²) in [5, 5.41) is 13.1. The predicted molar refractivity (Wildman–Crippen MR) is 91.3 cm³/mol. The van der Waals surface area contributed by atoms with Crippen LogP contribution >= 0.6 is 23.4 Å². The summed E-state index contributed by atoms with van der Waals surface area (Å²) in [6.07, 6.45) is 0.747. The first-order valence-corrected chi connectivity index (χ1v) is 8.35. The van der Waals surface area contributed by atoms with Gasteiger partial charge in [-0.2, -0.15) is 4.98 Å². The van der Waals surface area contributed by atoms with Crippen molar-refractivity contribution in [2.75, 3.05) is 11.1 Å². The first kappa shape index (κ1) is 17.4. The van der Waals surface area contributed by atoms with Gasteiger partial charge in [-0.3, -0.25) is 14.2 Å². The van der Waals surface area contributed by atoms with E-state index in [0.717, 1.165) is 24.2 Å². The molecule has 0 spiro atoms. The second-order valence-corrected chi connectivity index (χ2v) is 6.11. The molecule has 1 heterocycles. The molecule has 23 heavy (non-hydrogen) atoms. The van der Waals surface area contributed by atoms with Gasteiger partial charge in [0.15, 0.2) is 5.16 Å². The number of halogens is 1. The Labute approximate surface area is 142 Å². The Morgan fingerprint density at radius 3 is 2.74 bits per heavy atom. The fraction of sp³-hybridized carbons (Fsp3) is 0.267. The Morgan fingerprint density at radius 1 is 1.39 bits per heavy atom. The van der Waals surface area contributed by atoms with E-state index in [2.05, 4.69) is 10.3 Å². The third-order valence-electron chi connectivity index (χ3n) is 2.87. The summed E-state index contributed by atoms with van der Waals surface area (Å²) in [6, 6.07) is 7.82. The van der Waals surface area contributed by atoms with Crippen LogP contribution in [0.1, 0.15) is 13.3 Å². The van der Waals surface area contributed by atoms with Gasteiger partial charge in [0.1, 0.15) is 0 Å². The summed E-state index contributed by atoms with van der Waals surface area (Å²) in [6.45, 7) is 2.41. The normalized spacial score (nSPS) is 10.5. The number of hydrogen-bond acceptors (Lipinski definition) is 5. The molecule has 6 nitrogen and oxygen atoms in total. The number of rotatable bonds is 6. The topological polar surface area (TPSA) is 84.2 Å². The lowest BCUT2D eigenvalue weighted by Crippen LogP contribution is -2.23. The van der Waals surface area contributed by atoms with Crippen molar-refractivity contribution in [2.45, 2.75) is 25.0 Å². The third kappa shape index (κ3) is 5.01. The van der Waals surface area contributed by atoms with Gasteiger partial charge >= 0.3 is 0 Å². The maximum Gasteiger partial charge on any atom is 0.257 e. The highest BCUT2D eigenvalue weighted by Gasteiger charge is 2.11. The lowest BCUT2D eigenvalue weighted by molar-refractivity contribution is -0.113. The lowest BCUT2D eigenvalue weighted by Gasteiger charge is -2.10. The fourth-order valence-electron chi connectivity index (χ4n) is 1.87. The maximum absolute atomic E-state index is 12.0. The lowest BCUT2D eigenvalue weighted by atomic mass is 10.3. The quantitative estimate of drug-likeness (QED) is 0.616. The molecule has 0 atom stereocenters. The minimum Gasteiger partial charge on any atom is -0.493 e. The molecule has 2 aromatic rings. The van der Waals surface area contributed by atoms with Crippen molar-refractivity contribution in [3.8, 4) is 5.88 Å². The zero-order valence-electron chi connectivity index (χ0n) is 12.5. The number of nitrogens with zero attached hydrogens (tertiary/aromatic N) is 2. The van der Waals surface area contributed by atoms with E-state index < -0.39 is 0 Å². The molecule has 0 aliphatic heterocycles. The van der Waals surface area contributed by atoms with Gasteiger partial charge in [0, 0.05) is 17.3 Å². The number of benzene rings is 1. The van der Waals surface area contributed by atoms with Crippen LogP contribution in [0.4, 0.5) is 5.69 Å². The summed E-state index contributed by atoms with van der Waals surface area (Å²) in [5.74, 6) is -0.511. The van der Waals surface area contributed by atoms with Crippen molar-refractivity contribution in [1.82, 2.24) is 9.55 Å². The zero-order chi connectivity index (χ0) is 16.8. The van der Waals surface area contributed by atoms with Crippen LogP contribution in [-0.2, 0) is 11.3 Å². The average Bonchev–Trinajstić information content (AvgIpc) is 2.50. The van der Waals surface area contributed by atoms with E-state index in [1.165, 1.54) is 4.57 Å². The number of amides is 1. The number of aromatic nitrogens is 2. The van der Waals surface area contributed by atoms with Crippen LogP contribution < -0.4 is 10.9 Å². The molecule has 0 saturated heterocycles. The molecule has 8 heteroatoms. The average molecular weight is 354 g/mol. The Balaban J connectivity index is 2.03. The molecule has 0 radical (unpaired) electrons. The second-order valence-electron chi connectivity index (χ2n) is 4.73. The van der Waals surface area contributed by atoms with Crippen LogP contribution in [0.5, 0.6) is 5.88 Å². The van der Waals surface area contributed by atoms with E-state index in [1.807, 2.05) is 6.92 Å². The first-order chi connectivity index (χ1) is 11.0. The van der Waals surface area contributed by atoms with Crippen LogP contribution in [0.2, 0.25) is 5.02 Å². The summed E-state index contributed by atoms with van der Waals surface area (Å²) in [5.41, 5.74) is 0.301. The Bertz CT molecular complexity index is 747. The molecule has 0 saturated carbocycles. The van der Waals surface area contributed by atoms with Gasteiger partial charge in [-0.15, -0.1) is 0 Å². The summed E-state index contributed by atoms with van der Waals surface area (Å²) < 4.78 is 1.44. The van der Waals surface area contributed by atoms with Crippen LogP contribution in [0.25, 0.3) is 0 Å². The molecule has 1 aromatic heterocycles. The summed E-state index contributed by atoms with van der Waals surface area (Å²) in [4.78, 5) is 27.7. The summed E-state index contributed by atoms with van der Waals surface area (Å²) >= 11 is 6.88. The number of nitrogens with one attached hydrogen (secondary N) is 1. The Hall–Kier alpha value is -1.99. The van der Waals surface area contributed by atoms with Gasteiger partial charge in [0.2, 0.25) is 11.8 Å². The molecule has 122 valence electrons. The number of hydrogen-bond donors (Lipinski definition) is 2. The van der Waals surface area contributed by atoms with Crippen molar-refractivity contribution in [1.29, 1.82) is 0 Å². The standard InChI is InChI=1S/C15H16ClN3O3S/c1-2-7-19-14(22)8-12(20)18-15(19)23-9-13(21)17-11-5-3-10(16)4-6-11/h3-6,8,20H,2,7,9H2,1H3,(H,17,21). The minimum atomic E-state index is -0.344. The highest BCUT2D eigenvalue weighted by Crippen LogP contribution is 2.18. The largest absolute Gasteiger partial charge is 0.493 e. The zero-order valence-corrected chi connectivity index (χ0v) is 14.0. The Morgan fingerprint density at radius 2 is 2.09 bits per heavy atom. The molecular weight excluding hydrogens is 338 g/mol. The first-order valence-electron chi connectivity index (χ1n) is 6.98. The van der Waals surface area contributed by atoms with Gasteiger partial charge in [-0.25, -0.2) is 0 Å². The fourth-order valence-corrected chi connectivity index (χ4v) is 2.83. The van der Waals surface area contributed by atoms with E-state index in [0.29, 0.717) is 22.4 Å².